The topological polar surface area (TPSA) is 121 Å². The zero-order chi connectivity index (χ0) is 30.3. The van der Waals surface area contributed by atoms with Crippen molar-refractivity contribution in [3.8, 4) is 0 Å². The third-order valence-corrected chi connectivity index (χ3v) is 15.4. The molecule has 1 aromatic rings. The molecule has 1 saturated carbocycles. The van der Waals surface area contributed by atoms with Crippen LogP contribution in [-0.4, -0.2) is 65.3 Å². The lowest BCUT2D eigenvalue weighted by atomic mass is 10.00. The molecule has 1 aliphatic carbocycles. The first-order valence-electron chi connectivity index (χ1n) is 15.5. The number of aromatic nitrogens is 2. The molecule has 0 amide bonds. The van der Waals surface area contributed by atoms with E-state index in [0.29, 0.717) is 5.56 Å². The van der Waals surface area contributed by atoms with Gasteiger partial charge in [-0.15, -0.1) is 0 Å². The second kappa shape index (κ2) is 15.2. The third-order valence-electron chi connectivity index (χ3n) is 7.31. The van der Waals surface area contributed by atoms with Gasteiger partial charge in [0.25, 0.3) is 5.56 Å². The molecular formula is C28H54N2O8Si3. The van der Waals surface area contributed by atoms with Crippen molar-refractivity contribution in [1.82, 2.24) is 9.55 Å². The molecule has 41 heavy (non-hydrogen) atoms. The lowest BCUT2D eigenvalue weighted by Crippen LogP contribution is -2.61. The maximum Gasteiger partial charge on any atom is 0.658 e. The monoisotopic (exact) mass is 630 g/mol. The summed E-state index contributed by atoms with van der Waals surface area (Å²) in [6.45, 7) is 14.3. The number of hydrogen-bond donors (Lipinski definition) is 2. The van der Waals surface area contributed by atoms with Gasteiger partial charge in [0.2, 0.25) is 0 Å². The highest BCUT2D eigenvalue weighted by Gasteiger charge is 2.54. The highest BCUT2D eigenvalue weighted by atomic mass is 28.5. The predicted molar refractivity (Wildman–Crippen MR) is 167 cm³/mol. The molecule has 1 saturated heterocycles. The van der Waals surface area contributed by atoms with Crippen molar-refractivity contribution in [3.05, 3.63) is 32.6 Å². The molecule has 2 heterocycles. The molecule has 2 N–H and O–H groups in total. The Bertz CT molecular complexity index is 1040. The van der Waals surface area contributed by atoms with Crippen LogP contribution in [0.15, 0.2) is 15.8 Å². The van der Waals surface area contributed by atoms with E-state index >= 15 is 0 Å². The molecule has 0 radical (unpaired) electrons. The number of aromatic amines is 1. The van der Waals surface area contributed by atoms with Crippen LogP contribution in [0.1, 0.15) is 88.8 Å². The molecule has 3 atom stereocenters. The molecule has 1 aliphatic heterocycles. The number of ether oxygens (including phenoxy) is 1. The summed E-state index contributed by atoms with van der Waals surface area (Å²) in [5.74, 6) is 0. The summed E-state index contributed by atoms with van der Waals surface area (Å²) in [6.07, 6.45) is 12.3. The van der Waals surface area contributed by atoms with Gasteiger partial charge in [0.1, 0.15) is 12.3 Å². The van der Waals surface area contributed by atoms with Gasteiger partial charge in [0.05, 0.1) is 18.8 Å². The molecule has 2 aliphatic rings. The molecule has 0 spiro atoms. The molecule has 3 rings (SSSR count). The zero-order valence-corrected chi connectivity index (χ0v) is 29.3. The third kappa shape index (κ3) is 11.6. The Morgan fingerprint density at radius 3 is 1.93 bits per heavy atom. The van der Waals surface area contributed by atoms with Crippen LogP contribution in [-0.2, 0) is 21.8 Å². The Morgan fingerprint density at radius 1 is 0.902 bits per heavy atom. The summed E-state index contributed by atoms with van der Waals surface area (Å²) in [7, 11) is -8.02. The maximum atomic E-state index is 12.5. The van der Waals surface area contributed by atoms with Gasteiger partial charge in [-0.2, -0.15) is 0 Å². The zero-order valence-electron chi connectivity index (χ0n) is 26.3. The SMILES string of the molecule is Cc1cn([C@H]2C[C@H](O)[C@@H](CO[Si](OC3CCCCCCCCCCC3)(O[Si](C)(C)C)O[Si](C)(C)C)O2)c(=O)[nH]c1=O. The summed E-state index contributed by atoms with van der Waals surface area (Å²) in [4.78, 5) is 26.6. The fraction of sp³-hybridized carbons (Fsp3) is 0.857. The first kappa shape index (κ1) is 34.6. The number of rotatable bonds is 10. The Balaban J connectivity index is 1.81. The van der Waals surface area contributed by atoms with Gasteiger partial charge in [-0.05, 0) is 59.0 Å². The van der Waals surface area contributed by atoms with Crippen molar-refractivity contribution in [3.63, 3.8) is 0 Å². The van der Waals surface area contributed by atoms with Crippen LogP contribution in [0.2, 0.25) is 39.3 Å². The average Bonchev–Trinajstić information content (AvgIpc) is 3.20. The second-order valence-corrected chi connectivity index (χ2v) is 25.3. The van der Waals surface area contributed by atoms with Crippen LogP contribution >= 0.6 is 0 Å². The van der Waals surface area contributed by atoms with Crippen molar-refractivity contribution in [2.45, 2.75) is 148 Å². The van der Waals surface area contributed by atoms with Crippen LogP contribution in [0.5, 0.6) is 0 Å². The smallest absolute Gasteiger partial charge is 0.395 e. The first-order valence-corrected chi connectivity index (χ1v) is 24.0. The minimum absolute atomic E-state index is 0.0151. The molecule has 2 fully saturated rings. The Labute approximate surface area is 248 Å². The van der Waals surface area contributed by atoms with E-state index in [2.05, 4.69) is 44.3 Å². The average molecular weight is 631 g/mol. The minimum atomic E-state index is -3.65. The van der Waals surface area contributed by atoms with Gasteiger partial charge >= 0.3 is 14.7 Å². The summed E-state index contributed by atoms with van der Waals surface area (Å²) in [5, 5.41) is 10.9. The lowest BCUT2D eigenvalue weighted by molar-refractivity contribution is -0.0716. The normalized spacial score (nSPS) is 24.6. The standard InChI is InChI=1S/C28H54N2O8Si3/c1-22-20-30(28(33)29-27(22)32)26-19-24(31)25(35-26)21-34-41(37-39(2,3)4,38-40(5,6)7)36-23-17-15-13-11-9-8-10-12-14-16-18-23/h20,23-26,31H,8-19,21H2,1-7H3,(H,29,32,33)/t24-,25+,26+/m0/s1. The van der Waals surface area contributed by atoms with E-state index in [0.717, 1.165) is 25.7 Å². The van der Waals surface area contributed by atoms with Crippen molar-refractivity contribution in [1.29, 1.82) is 0 Å². The van der Waals surface area contributed by atoms with E-state index in [1.54, 1.807) is 6.92 Å². The van der Waals surface area contributed by atoms with Gasteiger partial charge in [-0.25, -0.2) is 4.79 Å². The predicted octanol–water partition coefficient (Wildman–Crippen LogP) is 5.34. The fourth-order valence-corrected chi connectivity index (χ4v) is 13.9. The van der Waals surface area contributed by atoms with Gasteiger partial charge in [0.15, 0.2) is 16.6 Å². The largest absolute Gasteiger partial charge is 0.658 e. The fourth-order valence-electron chi connectivity index (χ4n) is 5.38. The number of nitrogens with zero attached hydrogens (tertiary/aromatic N) is 1. The van der Waals surface area contributed by atoms with Crippen LogP contribution in [0.4, 0.5) is 0 Å². The van der Waals surface area contributed by atoms with Crippen molar-refractivity contribution >= 4 is 25.7 Å². The molecule has 0 bridgehead atoms. The van der Waals surface area contributed by atoms with Crippen molar-refractivity contribution in [2.24, 2.45) is 0 Å². The highest BCUT2D eigenvalue weighted by molar-refractivity contribution is 6.83. The quantitative estimate of drug-likeness (QED) is 0.333. The van der Waals surface area contributed by atoms with Gasteiger partial charge < -0.3 is 26.9 Å². The van der Waals surface area contributed by atoms with Gasteiger partial charge in [-0.1, -0.05) is 57.8 Å². The molecule has 0 unspecified atom stereocenters. The Hall–Kier alpha value is -0.909. The highest BCUT2D eigenvalue weighted by Crippen LogP contribution is 2.32. The Kier molecular flexibility index (Phi) is 12.8. The van der Waals surface area contributed by atoms with E-state index in [1.165, 1.54) is 55.7 Å². The van der Waals surface area contributed by atoms with Gasteiger partial charge in [-0.3, -0.25) is 14.3 Å². The molecule has 13 heteroatoms. The minimum Gasteiger partial charge on any atom is -0.395 e. The van der Waals surface area contributed by atoms with Crippen LogP contribution in [0.3, 0.4) is 0 Å². The van der Waals surface area contributed by atoms with Crippen LogP contribution in [0, 0.1) is 6.92 Å². The van der Waals surface area contributed by atoms with E-state index < -0.39 is 55.4 Å². The summed E-state index contributed by atoms with van der Waals surface area (Å²) in [5.41, 5.74) is -0.610. The van der Waals surface area contributed by atoms with Crippen LogP contribution < -0.4 is 11.2 Å². The summed E-state index contributed by atoms with van der Waals surface area (Å²) >= 11 is 0. The second-order valence-electron chi connectivity index (χ2n) is 13.6. The maximum absolute atomic E-state index is 12.5. The number of H-pyrrole nitrogens is 1. The molecule has 0 aromatic carbocycles. The number of aryl methyl sites for hydroxylation is 1. The number of hydrogen-bond acceptors (Lipinski definition) is 8. The van der Waals surface area contributed by atoms with E-state index in [1.807, 2.05) is 0 Å². The van der Waals surface area contributed by atoms with Crippen molar-refractivity contribution < 1.29 is 26.9 Å². The number of nitrogens with one attached hydrogen (secondary N) is 1. The first-order chi connectivity index (χ1) is 19.2. The molecule has 1 aromatic heterocycles. The molecular weight excluding hydrogens is 577 g/mol. The van der Waals surface area contributed by atoms with Crippen molar-refractivity contribution in [2.75, 3.05) is 6.61 Å². The molecule has 236 valence electrons. The lowest BCUT2D eigenvalue weighted by Gasteiger charge is -2.40. The number of aliphatic hydroxyl groups is 1. The van der Waals surface area contributed by atoms with E-state index in [9.17, 15) is 14.7 Å². The summed E-state index contributed by atoms with van der Waals surface area (Å²) in [6, 6.07) is 0. The Morgan fingerprint density at radius 2 is 1.41 bits per heavy atom. The van der Waals surface area contributed by atoms with Crippen LogP contribution in [0.25, 0.3) is 0 Å². The summed E-state index contributed by atoms with van der Waals surface area (Å²) < 4.78 is 34.4. The van der Waals surface area contributed by atoms with E-state index in [4.69, 9.17) is 21.8 Å². The number of aliphatic hydroxyl groups excluding tert-OH is 1. The van der Waals surface area contributed by atoms with E-state index in [-0.39, 0.29) is 19.1 Å². The van der Waals surface area contributed by atoms with Gasteiger partial charge in [0, 0.05) is 18.2 Å². The molecule has 10 nitrogen and oxygen atoms in total.